The highest BCUT2D eigenvalue weighted by molar-refractivity contribution is 7.09. The molecule has 0 aliphatic carbocycles. The van der Waals surface area contributed by atoms with Crippen LogP contribution in [0.15, 0.2) is 11.6 Å². The Morgan fingerprint density at radius 2 is 2.47 bits per heavy atom. The van der Waals surface area contributed by atoms with Gasteiger partial charge in [-0.3, -0.25) is 4.79 Å². The number of aliphatic carboxylic acids is 1. The summed E-state index contributed by atoms with van der Waals surface area (Å²) in [5.41, 5.74) is -1.08. The van der Waals surface area contributed by atoms with Crippen LogP contribution >= 0.6 is 11.3 Å². The van der Waals surface area contributed by atoms with E-state index in [-0.39, 0.29) is 13.2 Å². The number of carboxylic acids is 1. The molecule has 0 radical (unpaired) electrons. The van der Waals surface area contributed by atoms with Crippen molar-refractivity contribution in [1.82, 2.24) is 15.6 Å². The van der Waals surface area contributed by atoms with Crippen LogP contribution in [0.1, 0.15) is 11.9 Å². The molecule has 0 bridgehead atoms. The number of ether oxygens (including phenoxy) is 1. The Kier molecular flexibility index (Phi) is 4.01. The topological polar surface area (TPSA) is 101 Å². The molecule has 1 saturated heterocycles. The fraction of sp³-hybridized carbons (Fsp3) is 0.545. The summed E-state index contributed by atoms with van der Waals surface area (Å²) in [5.74, 6) is -0.977. The van der Waals surface area contributed by atoms with Crippen LogP contribution in [-0.2, 0) is 16.1 Å². The van der Waals surface area contributed by atoms with Crippen molar-refractivity contribution in [2.45, 2.75) is 19.5 Å². The first kappa shape index (κ1) is 13.8. The van der Waals surface area contributed by atoms with Gasteiger partial charge in [0.25, 0.3) is 0 Å². The van der Waals surface area contributed by atoms with E-state index in [1.54, 1.807) is 13.1 Å². The number of carbonyl (C=O) groups excluding carboxylic acids is 1. The van der Waals surface area contributed by atoms with Gasteiger partial charge in [-0.05, 0) is 6.92 Å². The molecule has 1 aromatic heterocycles. The van der Waals surface area contributed by atoms with Crippen molar-refractivity contribution >= 4 is 23.3 Å². The van der Waals surface area contributed by atoms with E-state index in [0.29, 0.717) is 6.54 Å². The second kappa shape index (κ2) is 5.54. The molecule has 0 saturated carbocycles. The van der Waals surface area contributed by atoms with Crippen molar-refractivity contribution in [3.8, 4) is 0 Å². The Bertz CT molecular complexity index is 465. The van der Waals surface area contributed by atoms with Crippen LogP contribution in [0.5, 0.6) is 0 Å². The molecule has 8 heteroatoms. The zero-order valence-corrected chi connectivity index (χ0v) is 11.2. The van der Waals surface area contributed by atoms with E-state index in [2.05, 4.69) is 15.6 Å². The average molecular weight is 285 g/mol. The molecule has 104 valence electrons. The first-order chi connectivity index (χ1) is 9.02. The number of hydrogen-bond donors (Lipinski definition) is 3. The Labute approximate surface area is 114 Å². The third-order valence-electron chi connectivity index (χ3n) is 3.13. The summed E-state index contributed by atoms with van der Waals surface area (Å²) in [6, 6.07) is -0.959. The smallest absolute Gasteiger partial charge is 0.315 e. The van der Waals surface area contributed by atoms with E-state index >= 15 is 0 Å². The van der Waals surface area contributed by atoms with Gasteiger partial charge in [-0.25, -0.2) is 9.78 Å². The Morgan fingerprint density at radius 3 is 3.11 bits per heavy atom. The SMILES string of the molecule is CC1(C(=O)O)COCC1NC(=O)NCc1nccs1. The van der Waals surface area contributed by atoms with Crippen molar-refractivity contribution in [2.75, 3.05) is 13.2 Å². The van der Waals surface area contributed by atoms with E-state index in [9.17, 15) is 14.7 Å². The lowest BCUT2D eigenvalue weighted by atomic mass is 9.85. The molecule has 2 rings (SSSR count). The molecule has 1 fully saturated rings. The lowest BCUT2D eigenvalue weighted by Crippen LogP contribution is -2.52. The van der Waals surface area contributed by atoms with Gasteiger partial charge < -0.3 is 20.5 Å². The van der Waals surface area contributed by atoms with Crippen LogP contribution in [0.4, 0.5) is 4.79 Å². The molecule has 1 aromatic rings. The van der Waals surface area contributed by atoms with Gasteiger partial charge in [0.2, 0.25) is 0 Å². The number of urea groups is 1. The van der Waals surface area contributed by atoms with Crippen LogP contribution in [-0.4, -0.2) is 41.3 Å². The molecule has 1 aliphatic rings. The Morgan fingerprint density at radius 1 is 1.68 bits per heavy atom. The highest BCUT2D eigenvalue weighted by atomic mass is 32.1. The quantitative estimate of drug-likeness (QED) is 0.745. The predicted octanol–water partition coefficient (Wildman–Crippen LogP) is 0.432. The first-order valence-electron chi connectivity index (χ1n) is 5.76. The summed E-state index contributed by atoms with van der Waals surface area (Å²) in [6.45, 7) is 2.18. The number of carboxylic acid groups (broad SMARTS) is 1. The van der Waals surface area contributed by atoms with Crippen LogP contribution in [0, 0.1) is 5.41 Å². The maximum atomic E-state index is 11.7. The number of nitrogens with zero attached hydrogens (tertiary/aromatic N) is 1. The molecule has 2 amide bonds. The largest absolute Gasteiger partial charge is 0.481 e. The van der Waals surface area contributed by atoms with Gasteiger partial charge in [0.1, 0.15) is 10.4 Å². The average Bonchev–Trinajstić information content (AvgIpc) is 2.98. The standard InChI is InChI=1S/C11H15N3O4S/c1-11(9(15)16)6-18-5-7(11)14-10(17)13-4-8-12-2-3-19-8/h2-3,7H,4-6H2,1H3,(H,15,16)(H2,13,14,17). The lowest BCUT2D eigenvalue weighted by Gasteiger charge is -2.25. The number of rotatable bonds is 4. The highest BCUT2D eigenvalue weighted by Crippen LogP contribution is 2.28. The van der Waals surface area contributed by atoms with Gasteiger partial charge >= 0.3 is 12.0 Å². The number of carbonyl (C=O) groups is 2. The molecule has 2 heterocycles. The van der Waals surface area contributed by atoms with Crippen molar-refractivity contribution in [3.63, 3.8) is 0 Å². The van der Waals surface area contributed by atoms with Crippen LogP contribution in [0.2, 0.25) is 0 Å². The summed E-state index contributed by atoms with van der Waals surface area (Å²) in [4.78, 5) is 26.9. The Hall–Kier alpha value is -1.67. The van der Waals surface area contributed by atoms with Crippen molar-refractivity contribution in [3.05, 3.63) is 16.6 Å². The first-order valence-corrected chi connectivity index (χ1v) is 6.64. The third-order valence-corrected chi connectivity index (χ3v) is 3.91. The monoisotopic (exact) mass is 285 g/mol. The molecule has 2 unspecified atom stereocenters. The zero-order valence-electron chi connectivity index (χ0n) is 10.4. The van der Waals surface area contributed by atoms with Gasteiger partial charge in [-0.15, -0.1) is 11.3 Å². The van der Waals surface area contributed by atoms with Crippen LogP contribution in [0.25, 0.3) is 0 Å². The van der Waals surface area contributed by atoms with Crippen molar-refractivity contribution < 1.29 is 19.4 Å². The number of nitrogens with one attached hydrogen (secondary N) is 2. The van der Waals surface area contributed by atoms with E-state index in [1.165, 1.54) is 11.3 Å². The summed E-state index contributed by atoms with van der Waals surface area (Å²) in [5, 5.41) is 17.1. The van der Waals surface area contributed by atoms with Crippen molar-refractivity contribution in [2.24, 2.45) is 5.41 Å². The summed E-state index contributed by atoms with van der Waals surface area (Å²) >= 11 is 1.44. The molecular formula is C11H15N3O4S. The normalized spacial score (nSPS) is 26.1. The number of thiazole rings is 1. The molecular weight excluding hydrogens is 270 g/mol. The minimum atomic E-state index is -1.08. The van der Waals surface area contributed by atoms with Gasteiger partial charge in [0.05, 0.1) is 25.8 Å². The fourth-order valence-electron chi connectivity index (χ4n) is 1.79. The summed E-state index contributed by atoms with van der Waals surface area (Å²) in [7, 11) is 0. The maximum Gasteiger partial charge on any atom is 0.315 e. The van der Waals surface area contributed by atoms with Gasteiger partial charge in [-0.2, -0.15) is 0 Å². The third kappa shape index (κ3) is 3.02. The van der Waals surface area contributed by atoms with Gasteiger partial charge in [-0.1, -0.05) is 0 Å². The molecule has 0 aromatic carbocycles. The Balaban J connectivity index is 1.86. The molecule has 2 atom stereocenters. The molecule has 19 heavy (non-hydrogen) atoms. The highest BCUT2D eigenvalue weighted by Gasteiger charge is 2.47. The summed E-state index contributed by atoms with van der Waals surface area (Å²) in [6.07, 6.45) is 1.66. The zero-order chi connectivity index (χ0) is 13.9. The molecule has 7 nitrogen and oxygen atoms in total. The minimum Gasteiger partial charge on any atom is -0.481 e. The predicted molar refractivity (Wildman–Crippen MR) is 67.8 cm³/mol. The molecule has 1 aliphatic heterocycles. The number of amides is 2. The van der Waals surface area contributed by atoms with Crippen molar-refractivity contribution in [1.29, 1.82) is 0 Å². The maximum absolute atomic E-state index is 11.7. The van der Waals surface area contributed by atoms with Crippen LogP contribution in [0.3, 0.4) is 0 Å². The second-order valence-corrected chi connectivity index (χ2v) is 5.52. The number of hydrogen-bond acceptors (Lipinski definition) is 5. The van der Waals surface area contributed by atoms with E-state index in [4.69, 9.17) is 4.74 Å². The van der Waals surface area contributed by atoms with E-state index in [0.717, 1.165) is 5.01 Å². The minimum absolute atomic E-state index is 0.0970. The number of aromatic nitrogens is 1. The summed E-state index contributed by atoms with van der Waals surface area (Å²) < 4.78 is 5.15. The second-order valence-electron chi connectivity index (χ2n) is 4.54. The van der Waals surface area contributed by atoms with Gasteiger partial charge in [0.15, 0.2) is 0 Å². The van der Waals surface area contributed by atoms with E-state index < -0.39 is 23.5 Å². The molecule has 0 spiro atoms. The van der Waals surface area contributed by atoms with Crippen LogP contribution < -0.4 is 10.6 Å². The van der Waals surface area contributed by atoms with E-state index in [1.807, 2.05) is 5.38 Å². The molecule has 3 N–H and O–H groups in total. The fourth-order valence-corrected chi connectivity index (χ4v) is 2.35. The lowest BCUT2D eigenvalue weighted by molar-refractivity contribution is -0.148. The van der Waals surface area contributed by atoms with Gasteiger partial charge in [0, 0.05) is 11.6 Å².